The SMILES string of the molecule is CC1(c2ccccc2)C2=CC(Br)C(Br)(Br)C(Br)(Br)C2(Br)C(Br)(Br)C1(C)C.CC1(c2ccccc2)C2=CC(Br)C(Br)(Br)C(Br)(Br)C2(Br)C(C)(C)C1(Br)Br.CC1(c2ccccc2)C2=CC(Br)C(Br)(Br)C(Br)(Br)C2(Br)C(C)(C)C1(Br)Br. The van der Waals surface area contributed by atoms with E-state index < -0.39 is 42.1 Å². The van der Waals surface area contributed by atoms with Gasteiger partial charge in [-0.15, -0.1) is 0 Å². The van der Waals surface area contributed by atoms with Crippen LogP contribution in [0, 0.1) is 16.2 Å². The van der Waals surface area contributed by atoms with Crippen molar-refractivity contribution in [2.24, 2.45) is 16.2 Å². The number of benzene rings is 3. The van der Waals surface area contributed by atoms with Crippen LogP contribution in [0.3, 0.4) is 0 Å². The first kappa shape index (κ1) is 73.8. The van der Waals surface area contributed by atoms with E-state index in [0.717, 1.165) is 0 Å². The van der Waals surface area contributed by atoms with Crippen molar-refractivity contribution in [2.45, 2.75) is 135 Å². The molecule has 0 amide bonds. The molecule has 0 heterocycles. The molecule has 6 aliphatic rings. The van der Waals surface area contributed by atoms with Crippen LogP contribution in [-0.2, 0) is 16.2 Å². The molecular formula is C54H48Br24. The van der Waals surface area contributed by atoms with Crippen LogP contribution in [0.1, 0.15) is 79.0 Å². The lowest BCUT2D eigenvalue weighted by atomic mass is 9.63. The molecule has 432 valence electrons. The Labute approximate surface area is 663 Å². The lowest BCUT2D eigenvalue weighted by molar-refractivity contribution is 0.246. The molecule has 3 fully saturated rings. The van der Waals surface area contributed by atoms with E-state index in [9.17, 15) is 0 Å². The number of alkyl halides is 24. The zero-order valence-corrected chi connectivity index (χ0v) is 80.3. The van der Waals surface area contributed by atoms with Crippen molar-refractivity contribution >= 4 is 382 Å². The average Bonchev–Trinajstić information content (AvgIpc) is 3.56. The second-order valence-electron chi connectivity index (χ2n) is 22.6. The van der Waals surface area contributed by atoms with E-state index in [1.807, 2.05) is 0 Å². The third kappa shape index (κ3) is 9.29. The van der Waals surface area contributed by atoms with Gasteiger partial charge in [0.25, 0.3) is 0 Å². The quantitative estimate of drug-likeness (QED) is 0.181. The van der Waals surface area contributed by atoms with Gasteiger partial charge in [0.05, 0.1) is 23.1 Å². The summed E-state index contributed by atoms with van der Waals surface area (Å²) in [6.45, 7) is 20.6. The molecule has 3 saturated carbocycles. The van der Waals surface area contributed by atoms with E-state index in [-0.39, 0.29) is 47.0 Å². The molecular weight excluding hydrogens is 2570 g/mol. The van der Waals surface area contributed by atoms with Crippen LogP contribution in [0.5, 0.6) is 0 Å². The van der Waals surface area contributed by atoms with Gasteiger partial charge in [0.15, 0.2) is 0 Å². The van der Waals surface area contributed by atoms with Crippen molar-refractivity contribution in [1.29, 1.82) is 0 Å². The summed E-state index contributed by atoms with van der Waals surface area (Å²) in [5, 5.41) is 0. The first-order valence-electron chi connectivity index (χ1n) is 23.6. The Balaban J connectivity index is 0.000000170. The van der Waals surface area contributed by atoms with Gasteiger partial charge >= 0.3 is 0 Å². The van der Waals surface area contributed by atoms with Gasteiger partial charge in [-0.1, -0.05) is 540 Å². The van der Waals surface area contributed by atoms with E-state index >= 15 is 0 Å². The zero-order chi connectivity index (χ0) is 59.9. The molecule has 0 radical (unpaired) electrons. The molecule has 24 heteroatoms. The molecule has 3 aromatic rings. The smallest absolute Gasteiger partial charge is 0.0820 e. The summed E-state index contributed by atoms with van der Waals surface area (Å²) in [5.74, 6) is 0. The number of allylic oxidation sites excluding steroid dienone is 6. The standard InChI is InChI=1S/3C18H16Br8/c2*1-13(2)15(20)11(9-12(19)16(21,22)18(15,25)26)14(3,17(13,23)24)10-7-5-4-6-8-10;1-13(2)14(3,10-7-5-4-6-8-10)11-9-12(19)16(21,22)18(25,26)15(11,20)17(13,23)24/h3*4-9,12H,1-3H3. The molecule has 0 bridgehead atoms. The predicted octanol–water partition coefficient (Wildman–Crippen LogP) is 27.8. The van der Waals surface area contributed by atoms with Crippen molar-refractivity contribution in [3.63, 3.8) is 0 Å². The summed E-state index contributed by atoms with van der Waals surface area (Å²) in [5.41, 5.74) is 6.09. The zero-order valence-electron chi connectivity index (χ0n) is 42.2. The molecule has 78 heavy (non-hydrogen) atoms. The molecule has 0 N–H and O–H groups in total. The van der Waals surface area contributed by atoms with Crippen LogP contribution in [-0.4, -0.2) is 56.6 Å². The molecule has 9 unspecified atom stereocenters. The van der Waals surface area contributed by atoms with Gasteiger partial charge in [-0.25, -0.2) is 0 Å². The fourth-order valence-corrected chi connectivity index (χ4v) is 36.5. The molecule has 0 aliphatic heterocycles. The maximum absolute atomic E-state index is 4.21. The number of hydrogen-bond acceptors (Lipinski definition) is 0. The van der Waals surface area contributed by atoms with E-state index in [1.165, 1.54) is 33.4 Å². The Morgan fingerprint density at radius 2 is 0.474 bits per heavy atom. The van der Waals surface area contributed by atoms with E-state index in [0.29, 0.717) is 0 Å². The molecule has 9 atom stereocenters. The van der Waals surface area contributed by atoms with Gasteiger partial charge in [-0.2, -0.15) is 0 Å². The Bertz CT molecular complexity index is 2610. The maximum Gasteiger partial charge on any atom is 0.128 e. The van der Waals surface area contributed by atoms with Gasteiger partial charge in [-0.05, 0) is 47.3 Å². The second kappa shape index (κ2) is 23.4. The maximum atomic E-state index is 4.21. The van der Waals surface area contributed by atoms with Crippen LogP contribution in [0.25, 0.3) is 0 Å². The summed E-state index contributed by atoms with van der Waals surface area (Å²) >= 11 is 96.4. The molecule has 0 spiro atoms. The minimum absolute atomic E-state index is 0.0437. The Hall–Kier alpha value is 8.40. The molecule has 9 rings (SSSR count). The highest BCUT2D eigenvalue weighted by Crippen LogP contribution is 2.85. The van der Waals surface area contributed by atoms with E-state index in [4.69, 9.17) is 0 Å². The second-order valence-corrected chi connectivity index (χ2v) is 60.5. The molecule has 0 saturated heterocycles. The number of halogens is 24. The molecule has 0 aromatic heterocycles. The fraction of sp³-hybridized carbons (Fsp3) is 0.556. The number of fused-ring (bicyclic) bond motifs is 3. The van der Waals surface area contributed by atoms with Crippen molar-refractivity contribution in [3.8, 4) is 0 Å². The fourth-order valence-electron chi connectivity index (χ4n) is 12.8. The summed E-state index contributed by atoms with van der Waals surface area (Å²) in [6.07, 6.45) is 6.95. The van der Waals surface area contributed by atoms with Gasteiger partial charge in [0.2, 0.25) is 0 Å². The van der Waals surface area contributed by atoms with Gasteiger partial charge < -0.3 is 0 Å². The Kier molecular flexibility index (Phi) is 22.1. The van der Waals surface area contributed by atoms with E-state index in [2.05, 4.69) is 554 Å². The average molecular weight is 2610 g/mol. The monoisotopic (exact) mass is 2590 g/mol. The summed E-state index contributed by atoms with van der Waals surface area (Å²) in [4.78, 5) is 0.131. The van der Waals surface area contributed by atoms with Gasteiger partial charge in [0.1, 0.15) is 33.4 Å². The first-order chi connectivity index (χ1) is 34.8. The van der Waals surface area contributed by atoms with E-state index in [1.54, 1.807) is 0 Å². The third-order valence-corrected chi connectivity index (χ3v) is 65.3. The highest BCUT2D eigenvalue weighted by atomic mass is 80.0. The Morgan fingerprint density at radius 3 is 0.731 bits per heavy atom. The van der Waals surface area contributed by atoms with Gasteiger partial charge in [0, 0.05) is 32.5 Å². The highest BCUT2D eigenvalue weighted by Gasteiger charge is 2.85. The topological polar surface area (TPSA) is 0 Å². The van der Waals surface area contributed by atoms with Crippen LogP contribution in [0.15, 0.2) is 126 Å². The number of hydrogen-bond donors (Lipinski definition) is 0. The van der Waals surface area contributed by atoms with Crippen LogP contribution >= 0.6 is 382 Å². The number of rotatable bonds is 3. The van der Waals surface area contributed by atoms with Gasteiger partial charge in [-0.3, -0.25) is 0 Å². The minimum atomic E-state index is -0.574. The van der Waals surface area contributed by atoms with Crippen molar-refractivity contribution < 1.29 is 0 Å². The minimum Gasteiger partial charge on any atom is -0.0820 e. The first-order valence-corrected chi connectivity index (χ1v) is 43.0. The summed E-state index contributed by atoms with van der Waals surface area (Å²) in [6, 6.07) is 32.0. The van der Waals surface area contributed by atoms with Crippen LogP contribution in [0.2, 0.25) is 0 Å². The van der Waals surface area contributed by atoms with Crippen molar-refractivity contribution in [3.05, 3.63) is 143 Å². The largest absolute Gasteiger partial charge is 0.128 e. The predicted molar refractivity (Wildman–Crippen MR) is 425 cm³/mol. The normalized spacial score (nSPS) is 39.2. The van der Waals surface area contributed by atoms with Crippen molar-refractivity contribution in [2.75, 3.05) is 0 Å². The third-order valence-electron chi connectivity index (χ3n) is 18.3. The summed E-state index contributed by atoms with van der Waals surface area (Å²) < 4.78 is -5.74. The Morgan fingerprint density at radius 1 is 0.256 bits per heavy atom. The van der Waals surface area contributed by atoms with Crippen molar-refractivity contribution in [1.82, 2.24) is 0 Å². The summed E-state index contributed by atoms with van der Waals surface area (Å²) in [7, 11) is 0. The molecule has 3 aromatic carbocycles. The lowest BCUT2D eigenvalue weighted by Gasteiger charge is -2.56. The van der Waals surface area contributed by atoms with Crippen LogP contribution < -0.4 is 0 Å². The highest BCUT2D eigenvalue weighted by molar-refractivity contribution is 9.33. The molecule has 6 aliphatic carbocycles. The lowest BCUT2D eigenvalue weighted by Crippen LogP contribution is -2.64. The van der Waals surface area contributed by atoms with Crippen LogP contribution in [0.4, 0.5) is 0 Å². The molecule has 0 nitrogen and oxygen atoms in total.